The van der Waals surface area contributed by atoms with Gasteiger partial charge in [0.05, 0.1) is 29.5 Å². The van der Waals surface area contributed by atoms with Crippen LogP contribution in [-0.4, -0.2) is 59.7 Å². The van der Waals surface area contributed by atoms with Crippen molar-refractivity contribution in [3.63, 3.8) is 0 Å². The fourth-order valence-corrected chi connectivity index (χ4v) is 3.62. The quantitative estimate of drug-likeness (QED) is 0.213. The average molecular weight is 493 g/mol. The third-order valence-electron chi connectivity index (χ3n) is 6.09. The number of aromatic hydroxyl groups is 1. The minimum atomic E-state index is -1.16. The molecular weight excluding hydrogens is 460 g/mol. The van der Waals surface area contributed by atoms with Crippen molar-refractivity contribution in [1.82, 2.24) is 5.32 Å². The lowest BCUT2D eigenvalue weighted by atomic mass is 9.88. The third kappa shape index (κ3) is 6.71. The molecule has 0 radical (unpaired) electrons. The van der Waals surface area contributed by atoms with Gasteiger partial charge in [-0.1, -0.05) is 13.0 Å². The van der Waals surface area contributed by atoms with Crippen LogP contribution in [0.15, 0.2) is 18.2 Å². The highest BCUT2D eigenvalue weighted by atomic mass is 16.6. The lowest BCUT2D eigenvalue weighted by Gasteiger charge is -2.34. The van der Waals surface area contributed by atoms with Gasteiger partial charge in [0.15, 0.2) is 11.9 Å². The van der Waals surface area contributed by atoms with Gasteiger partial charge in [-0.3, -0.25) is 24.0 Å². The lowest BCUT2D eigenvalue weighted by molar-refractivity contribution is -0.178. The molecule has 0 aliphatic carbocycles. The summed E-state index contributed by atoms with van der Waals surface area (Å²) in [5.41, 5.74) is -1.20. The molecule has 1 aromatic rings. The number of carbonyl (C=O) groups is 5. The Hall–Kier alpha value is -3.63. The Morgan fingerprint density at radius 1 is 1.31 bits per heavy atom. The number of hydrogen-bond acceptors (Lipinski definition) is 9. The maximum absolute atomic E-state index is 13.1. The minimum Gasteiger partial charge on any atom is -0.505 e. The summed E-state index contributed by atoms with van der Waals surface area (Å²) in [6.45, 7) is 7.88. The second kappa shape index (κ2) is 11.7. The normalized spacial score (nSPS) is 21.8. The molecule has 1 saturated heterocycles. The molecule has 4 atom stereocenters. The van der Waals surface area contributed by atoms with Crippen LogP contribution in [0.25, 0.3) is 0 Å². The van der Waals surface area contributed by atoms with Crippen molar-refractivity contribution in [2.45, 2.75) is 65.2 Å². The Morgan fingerprint density at radius 2 is 2.00 bits per heavy atom. The predicted octanol–water partition coefficient (Wildman–Crippen LogP) is 1.92. The Morgan fingerprint density at radius 3 is 2.63 bits per heavy atom. The van der Waals surface area contributed by atoms with Crippen LogP contribution in [0.1, 0.15) is 57.8 Å². The van der Waals surface area contributed by atoms with Crippen LogP contribution in [0, 0.1) is 11.8 Å². The van der Waals surface area contributed by atoms with Gasteiger partial charge in [0.25, 0.3) is 5.91 Å². The molecule has 1 aliphatic heterocycles. The minimum absolute atomic E-state index is 0.0548. The predicted molar refractivity (Wildman–Crippen MR) is 123 cm³/mol. The fraction of sp³-hybridized carbons (Fsp3) is 0.542. The van der Waals surface area contributed by atoms with Crippen LogP contribution >= 0.6 is 0 Å². The first-order valence-electron chi connectivity index (χ1n) is 11.3. The lowest BCUT2D eigenvalue weighted by Crippen LogP contribution is -2.52. The monoisotopic (exact) mass is 492 g/mol. The summed E-state index contributed by atoms with van der Waals surface area (Å²) in [5.74, 6) is -4.74. The highest BCUT2D eigenvalue weighted by molar-refractivity contribution is 6.00. The number of nitrogens with one attached hydrogen (secondary N) is 2. The number of esters is 3. The molecule has 2 amide bonds. The van der Waals surface area contributed by atoms with Crippen molar-refractivity contribution in [3.8, 4) is 5.75 Å². The first-order valence-corrected chi connectivity index (χ1v) is 11.3. The van der Waals surface area contributed by atoms with Gasteiger partial charge in [0.1, 0.15) is 12.7 Å². The number of ether oxygens (including phenoxy) is 3. The van der Waals surface area contributed by atoms with Gasteiger partial charge in [0.2, 0.25) is 6.41 Å². The number of rotatable bonds is 8. The average Bonchev–Trinajstić information content (AvgIpc) is 2.83. The van der Waals surface area contributed by atoms with E-state index in [1.54, 1.807) is 20.8 Å². The summed E-state index contributed by atoms with van der Waals surface area (Å²) in [5, 5.41) is 15.3. The van der Waals surface area contributed by atoms with E-state index in [1.807, 2.05) is 0 Å². The van der Waals surface area contributed by atoms with Crippen LogP contribution in [0.3, 0.4) is 0 Å². The second-order valence-electron chi connectivity index (χ2n) is 8.89. The fourth-order valence-electron chi connectivity index (χ4n) is 3.62. The number of phenols is 1. The number of para-hydroxylation sites is 1. The molecule has 11 heteroatoms. The van der Waals surface area contributed by atoms with Crippen molar-refractivity contribution in [2.75, 3.05) is 11.9 Å². The Bertz CT molecular complexity index is 976. The van der Waals surface area contributed by atoms with E-state index in [4.69, 9.17) is 14.2 Å². The summed E-state index contributed by atoms with van der Waals surface area (Å²) in [4.78, 5) is 61.1. The Kier molecular flexibility index (Phi) is 9.21. The molecule has 0 spiro atoms. The molecule has 1 heterocycles. The van der Waals surface area contributed by atoms with Crippen LogP contribution in [-0.2, 0) is 33.4 Å². The highest BCUT2D eigenvalue weighted by Gasteiger charge is 2.42. The Labute approximate surface area is 203 Å². The largest absolute Gasteiger partial charge is 0.505 e. The number of cyclic esters (lactones) is 2. The zero-order valence-electron chi connectivity index (χ0n) is 20.5. The van der Waals surface area contributed by atoms with E-state index >= 15 is 0 Å². The molecule has 11 nitrogen and oxygen atoms in total. The first-order chi connectivity index (χ1) is 16.4. The van der Waals surface area contributed by atoms with Gasteiger partial charge >= 0.3 is 17.9 Å². The van der Waals surface area contributed by atoms with Crippen molar-refractivity contribution < 1.29 is 43.3 Å². The third-order valence-corrected chi connectivity index (χ3v) is 6.09. The smallest absolute Gasteiger partial charge is 0.312 e. The highest BCUT2D eigenvalue weighted by Crippen LogP contribution is 2.29. The number of anilines is 1. The molecule has 192 valence electrons. The zero-order chi connectivity index (χ0) is 26.3. The number of amides is 2. The molecule has 0 saturated carbocycles. The number of carbonyl (C=O) groups excluding carboxylic acids is 5. The SMILES string of the molecule is CCC1C(=O)OCCC(=O)OC(C)C1OC(=O)C(C)C(C)(C)NC(=O)c1cccc(NC=O)c1O. The van der Waals surface area contributed by atoms with Crippen molar-refractivity contribution in [3.05, 3.63) is 23.8 Å². The molecule has 0 aromatic heterocycles. The molecule has 4 unspecified atom stereocenters. The number of hydrogen-bond donors (Lipinski definition) is 3. The molecule has 1 aromatic carbocycles. The van der Waals surface area contributed by atoms with E-state index in [9.17, 15) is 29.1 Å². The van der Waals surface area contributed by atoms with Crippen LogP contribution in [0.4, 0.5) is 5.69 Å². The zero-order valence-corrected chi connectivity index (χ0v) is 20.5. The molecule has 3 N–H and O–H groups in total. The summed E-state index contributed by atoms with van der Waals surface area (Å²) >= 11 is 0. The van der Waals surface area contributed by atoms with Gasteiger partial charge in [-0.2, -0.15) is 0 Å². The molecule has 35 heavy (non-hydrogen) atoms. The summed E-state index contributed by atoms with van der Waals surface area (Å²) in [6.07, 6.45) is -1.41. The van der Waals surface area contributed by atoms with E-state index in [0.717, 1.165) is 0 Å². The van der Waals surface area contributed by atoms with Gasteiger partial charge in [-0.05, 0) is 46.2 Å². The standard InChI is InChI=1S/C24H32N2O9/c1-6-15-20(14(3)34-18(28)10-11-33-23(15)32)35-22(31)13(2)24(4,5)26-21(30)16-8-7-9-17(19(16)29)25-12-27/h7-9,12-15,20,29H,6,10-11H2,1-5H3,(H,25,27)(H,26,30). The summed E-state index contributed by atoms with van der Waals surface area (Å²) in [6, 6.07) is 4.27. The van der Waals surface area contributed by atoms with Gasteiger partial charge in [-0.25, -0.2) is 0 Å². The number of benzene rings is 1. The van der Waals surface area contributed by atoms with Gasteiger partial charge in [-0.15, -0.1) is 0 Å². The van der Waals surface area contributed by atoms with E-state index in [0.29, 0.717) is 6.41 Å². The molecule has 1 aliphatic rings. The van der Waals surface area contributed by atoms with Crippen LogP contribution in [0.5, 0.6) is 5.75 Å². The maximum atomic E-state index is 13.1. The second-order valence-corrected chi connectivity index (χ2v) is 8.89. The first kappa shape index (κ1) is 27.6. The maximum Gasteiger partial charge on any atom is 0.312 e. The van der Waals surface area contributed by atoms with Crippen molar-refractivity contribution in [2.24, 2.45) is 11.8 Å². The van der Waals surface area contributed by atoms with Crippen LogP contribution < -0.4 is 10.6 Å². The summed E-state index contributed by atoms with van der Waals surface area (Å²) in [7, 11) is 0. The van der Waals surface area contributed by atoms with Crippen LogP contribution in [0.2, 0.25) is 0 Å². The Balaban J connectivity index is 2.20. The van der Waals surface area contributed by atoms with Gasteiger partial charge < -0.3 is 30.0 Å². The topological polar surface area (TPSA) is 157 Å². The van der Waals surface area contributed by atoms with E-state index < -0.39 is 59.1 Å². The molecule has 1 fully saturated rings. The molecule has 2 rings (SSSR count). The van der Waals surface area contributed by atoms with Gasteiger partial charge in [0, 0.05) is 5.54 Å². The summed E-state index contributed by atoms with van der Waals surface area (Å²) < 4.78 is 16.1. The van der Waals surface area contributed by atoms with Crippen molar-refractivity contribution >= 4 is 35.9 Å². The van der Waals surface area contributed by atoms with E-state index in [1.165, 1.54) is 32.0 Å². The number of phenolic OH excluding ortho intramolecular Hbond substituents is 1. The van der Waals surface area contributed by atoms with E-state index in [-0.39, 0.29) is 30.7 Å². The molecular formula is C24H32N2O9. The molecule has 0 bridgehead atoms. The van der Waals surface area contributed by atoms with E-state index in [2.05, 4.69) is 10.6 Å². The van der Waals surface area contributed by atoms with Crippen molar-refractivity contribution in [1.29, 1.82) is 0 Å².